The van der Waals surface area contributed by atoms with Crippen molar-refractivity contribution >= 4 is 11.6 Å². The fourth-order valence-electron chi connectivity index (χ4n) is 4.34. The van der Waals surface area contributed by atoms with Crippen LogP contribution in [0.2, 0.25) is 0 Å². The van der Waals surface area contributed by atoms with Crippen LogP contribution in [0, 0.1) is 0 Å². The van der Waals surface area contributed by atoms with E-state index in [1.165, 1.54) is 25.9 Å². The molecule has 3 aromatic rings. The van der Waals surface area contributed by atoms with Gasteiger partial charge in [0.15, 0.2) is 5.65 Å². The Morgan fingerprint density at radius 2 is 1.94 bits per heavy atom. The Labute approximate surface area is 197 Å². The van der Waals surface area contributed by atoms with Crippen molar-refractivity contribution < 1.29 is 4.74 Å². The van der Waals surface area contributed by atoms with Gasteiger partial charge in [0, 0.05) is 18.7 Å². The second-order valence-corrected chi connectivity index (χ2v) is 9.38. The summed E-state index contributed by atoms with van der Waals surface area (Å²) < 4.78 is 7.23. The van der Waals surface area contributed by atoms with E-state index in [4.69, 9.17) is 14.7 Å². The Kier molecular flexibility index (Phi) is 7.45. The maximum absolute atomic E-state index is 5.40. The number of benzene rings is 1. The number of fused-ring (bicyclic) bond motifs is 1. The van der Waals surface area contributed by atoms with E-state index >= 15 is 0 Å². The van der Waals surface area contributed by atoms with Gasteiger partial charge in [-0.1, -0.05) is 26.0 Å². The van der Waals surface area contributed by atoms with Crippen molar-refractivity contribution in [1.29, 1.82) is 0 Å². The average Bonchev–Trinajstić information content (AvgIpc) is 3.48. The predicted octanol–water partition coefficient (Wildman–Crippen LogP) is 3.96. The average molecular weight is 452 g/mol. The molecule has 0 radical (unpaired) electrons. The zero-order valence-corrected chi connectivity index (χ0v) is 20.6. The highest BCUT2D eigenvalue weighted by Crippen LogP contribution is 2.25. The van der Waals surface area contributed by atoms with Gasteiger partial charge >= 0.3 is 0 Å². The zero-order valence-electron chi connectivity index (χ0n) is 20.6. The van der Waals surface area contributed by atoms with Crippen molar-refractivity contribution in [1.82, 2.24) is 29.4 Å². The van der Waals surface area contributed by atoms with Gasteiger partial charge in [-0.2, -0.15) is 14.6 Å². The Morgan fingerprint density at radius 1 is 1.15 bits per heavy atom. The summed E-state index contributed by atoms with van der Waals surface area (Å²) in [7, 11) is 3.84. The number of likely N-dealkylation sites (tertiary alicyclic amines) is 1. The first-order valence-corrected chi connectivity index (χ1v) is 12.0. The third kappa shape index (κ3) is 5.62. The summed E-state index contributed by atoms with van der Waals surface area (Å²) in [5.74, 6) is 2.71. The normalized spacial score (nSPS) is 15.6. The van der Waals surface area contributed by atoms with Crippen LogP contribution in [0.3, 0.4) is 0 Å². The van der Waals surface area contributed by atoms with E-state index < -0.39 is 0 Å². The molecule has 1 fully saturated rings. The van der Waals surface area contributed by atoms with Gasteiger partial charge in [-0.3, -0.25) is 4.90 Å². The van der Waals surface area contributed by atoms with Crippen LogP contribution < -0.4 is 10.1 Å². The van der Waals surface area contributed by atoms with Crippen LogP contribution in [-0.4, -0.2) is 69.7 Å². The molecular formula is C25H37N7O. The standard InChI is InChI=1S/C25H37N7O/c1-18(2)22-16-26-32-24(22)28-23(17-30(4)13-14-31-11-6-7-12-31)29-25(32)27-19(3)20-9-8-10-21(15-20)33-5/h8-10,15-16,18-19H,6-7,11-14,17H2,1-5H3,(H,27,28,29). The summed E-state index contributed by atoms with van der Waals surface area (Å²) in [5.41, 5.74) is 3.14. The Bertz CT molecular complexity index is 1060. The number of ether oxygens (including phenoxy) is 1. The number of nitrogens with one attached hydrogen (secondary N) is 1. The lowest BCUT2D eigenvalue weighted by Gasteiger charge is -2.21. The van der Waals surface area contributed by atoms with Crippen LogP contribution >= 0.6 is 0 Å². The summed E-state index contributed by atoms with van der Waals surface area (Å²) in [4.78, 5) is 14.7. The lowest BCUT2D eigenvalue weighted by molar-refractivity contribution is 0.249. The van der Waals surface area contributed by atoms with Gasteiger partial charge in [0.05, 0.1) is 25.9 Å². The topological polar surface area (TPSA) is 70.8 Å². The third-order valence-corrected chi connectivity index (χ3v) is 6.41. The molecule has 8 nitrogen and oxygen atoms in total. The Hall–Kier alpha value is -2.71. The van der Waals surface area contributed by atoms with Gasteiger partial charge in [-0.05, 0) is 63.5 Å². The molecule has 4 rings (SSSR count). The molecule has 1 saturated heterocycles. The number of hydrogen-bond donors (Lipinski definition) is 1. The third-order valence-electron chi connectivity index (χ3n) is 6.41. The van der Waals surface area contributed by atoms with Crippen LogP contribution in [0.1, 0.15) is 62.5 Å². The van der Waals surface area contributed by atoms with Crippen molar-refractivity contribution in [2.75, 3.05) is 45.7 Å². The molecule has 1 unspecified atom stereocenters. The van der Waals surface area contributed by atoms with Crippen LogP contribution in [0.15, 0.2) is 30.5 Å². The SMILES string of the molecule is COc1cccc(C(C)Nc2nc(CN(C)CCN3CCCC3)nc3c(C(C)C)cnn23)c1. The first kappa shape index (κ1) is 23.4. The smallest absolute Gasteiger partial charge is 0.228 e. The lowest BCUT2D eigenvalue weighted by atomic mass is 10.1. The molecule has 0 aliphatic carbocycles. The second-order valence-electron chi connectivity index (χ2n) is 9.38. The van der Waals surface area contributed by atoms with E-state index in [9.17, 15) is 0 Å². The van der Waals surface area contributed by atoms with E-state index in [-0.39, 0.29) is 6.04 Å². The second kappa shape index (κ2) is 10.5. The molecule has 33 heavy (non-hydrogen) atoms. The Balaban J connectivity index is 1.57. The fraction of sp³-hybridized carbons (Fsp3) is 0.560. The highest BCUT2D eigenvalue weighted by molar-refractivity contribution is 5.52. The fourth-order valence-corrected chi connectivity index (χ4v) is 4.34. The molecule has 1 aliphatic heterocycles. The number of aromatic nitrogens is 4. The highest BCUT2D eigenvalue weighted by Gasteiger charge is 2.18. The van der Waals surface area contributed by atoms with Gasteiger partial charge in [0.1, 0.15) is 11.6 Å². The van der Waals surface area contributed by atoms with Crippen molar-refractivity contribution in [3.8, 4) is 5.75 Å². The van der Waals surface area contributed by atoms with Gasteiger partial charge in [0.2, 0.25) is 5.95 Å². The summed E-state index contributed by atoms with van der Waals surface area (Å²) >= 11 is 0. The molecule has 178 valence electrons. The molecule has 3 heterocycles. The number of likely N-dealkylation sites (N-methyl/N-ethyl adjacent to an activating group) is 1. The van der Waals surface area contributed by atoms with Crippen molar-refractivity contribution in [3.63, 3.8) is 0 Å². The largest absolute Gasteiger partial charge is 0.497 e. The van der Waals surface area contributed by atoms with Gasteiger partial charge in [-0.15, -0.1) is 0 Å². The molecule has 1 N–H and O–H groups in total. The summed E-state index contributed by atoms with van der Waals surface area (Å²) in [6.45, 7) is 11.7. The molecule has 0 spiro atoms. The van der Waals surface area contributed by atoms with E-state index in [2.05, 4.69) is 54.1 Å². The van der Waals surface area contributed by atoms with E-state index in [0.29, 0.717) is 18.4 Å². The maximum Gasteiger partial charge on any atom is 0.228 e. The van der Waals surface area contributed by atoms with E-state index in [1.807, 2.05) is 28.9 Å². The minimum atomic E-state index is 0.0330. The zero-order chi connectivity index (χ0) is 23.4. The van der Waals surface area contributed by atoms with Gasteiger partial charge in [0.25, 0.3) is 0 Å². The van der Waals surface area contributed by atoms with Gasteiger partial charge in [-0.25, -0.2) is 4.98 Å². The van der Waals surface area contributed by atoms with Crippen LogP contribution in [0.4, 0.5) is 5.95 Å². The molecule has 0 amide bonds. The number of anilines is 1. The summed E-state index contributed by atoms with van der Waals surface area (Å²) in [6, 6.07) is 8.14. The van der Waals surface area contributed by atoms with Crippen LogP contribution in [0.5, 0.6) is 5.75 Å². The monoisotopic (exact) mass is 451 g/mol. The maximum atomic E-state index is 5.40. The van der Waals surface area contributed by atoms with Crippen molar-refractivity contribution in [2.24, 2.45) is 0 Å². The number of nitrogens with zero attached hydrogens (tertiary/aromatic N) is 6. The van der Waals surface area contributed by atoms with Crippen molar-refractivity contribution in [3.05, 3.63) is 47.4 Å². The quantitative estimate of drug-likeness (QED) is 0.500. The molecule has 2 aromatic heterocycles. The molecule has 1 aromatic carbocycles. The Morgan fingerprint density at radius 3 is 2.67 bits per heavy atom. The molecule has 8 heteroatoms. The molecule has 1 aliphatic rings. The van der Waals surface area contributed by atoms with E-state index in [0.717, 1.165) is 41.4 Å². The highest BCUT2D eigenvalue weighted by atomic mass is 16.5. The first-order valence-electron chi connectivity index (χ1n) is 12.0. The lowest BCUT2D eigenvalue weighted by Crippen LogP contribution is -2.31. The molecular weight excluding hydrogens is 414 g/mol. The van der Waals surface area contributed by atoms with Gasteiger partial charge < -0.3 is 15.0 Å². The predicted molar refractivity (Wildman–Crippen MR) is 132 cm³/mol. The number of methoxy groups -OCH3 is 1. The molecule has 0 bridgehead atoms. The summed E-state index contributed by atoms with van der Waals surface area (Å²) in [6.07, 6.45) is 4.56. The number of rotatable bonds is 10. The van der Waals surface area contributed by atoms with Crippen LogP contribution in [0.25, 0.3) is 5.65 Å². The minimum Gasteiger partial charge on any atom is -0.497 e. The number of hydrogen-bond acceptors (Lipinski definition) is 7. The summed E-state index contributed by atoms with van der Waals surface area (Å²) in [5, 5.41) is 8.18. The minimum absolute atomic E-state index is 0.0330. The molecule has 1 atom stereocenters. The first-order chi connectivity index (χ1) is 15.9. The van der Waals surface area contributed by atoms with Crippen LogP contribution in [-0.2, 0) is 6.54 Å². The van der Waals surface area contributed by atoms with E-state index in [1.54, 1.807) is 7.11 Å². The van der Waals surface area contributed by atoms with Crippen molar-refractivity contribution in [2.45, 2.75) is 52.1 Å². The molecule has 0 saturated carbocycles.